The summed E-state index contributed by atoms with van der Waals surface area (Å²) in [5.41, 5.74) is 2.00. The van der Waals surface area contributed by atoms with Crippen molar-refractivity contribution in [1.82, 2.24) is 4.98 Å². The number of methoxy groups -OCH3 is 1. The predicted molar refractivity (Wildman–Crippen MR) is 82.0 cm³/mol. The number of aromatic nitrogens is 1. The lowest BCUT2D eigenvalue weighted by molar-refractivity contribution is 0.410. The van der Waals surface area contributed by atoms with Gasteiger partial charge in [-0.15, -0.1) is 0 Å². The number of ether oxygens (including phenoxy) is 1. The molecule has 0 aliphatic rings. The number of halogens is 2. The molecule has 0 unspecified atom stereocenters. The Bertz CT molecular complexity index is 590. The highest BCUT2D eigenvalue weighted by atomic mass is 79.9. The van der Waals surface area contributed by atoms with E-state index < -0.39 is 0 Å². The Balaban J connectivity index is 2.19. The molecule has 1 aromatic carbocycles. The first-order valence-corrected chi connectivity index (χ1v) is 6.96. The van der Waals surface area contributed by atoms with Gasteiger partial charge >= 0.3 is 0 Å². The maximum Gasteiger partial charge on any atom is 0.129 e. The first kappa shape index (κ1) is 14.2. The van der Waals surface area contributed by atoms with Gasteiger partial charge in [0, 0.05) is 27.8 Å². The lowest BCUT2D eigenvalue weighted by atomic mass is 10.2. The number of rotatable bonds is 4. The molecule has 19 heavy (non-hydrogen) atoms. The zero-order chi connectivity index (χ0) is 13.8. The van der Waals surface area contributed by atoms with Crippen LogP contribution in [0.3, 0.4) is 0 Å². The average molecular weight is 342 g/mol. The van der Waals surface area contributed by atoms with E-state index in [4.69, 9.17) is 16.3 Å². The smallest absolute Gasteiger partial charge is 0.129 e. The van der Waals surface area contributed by atoms with Gasteiger partial charge in [0.1, 0.15) is 11.6 Å². The van der Waals surface area contributed by atoms with Crippen LogP contribution < -0.4 is 10.1 Å². The highest BCUT2D eigenvalue weighted by Crippen LogP contribution is 2.27. The van der Waals surface area contributed by atoms with Crippen molar-refractivity contribution in [3.8, 4) is 5.75 Å². The van der Waals surface area contributed by atoms with E-state index in [2.05, 4.69) is 26.2 Å². The van der Waals surface area contributed by atoms with Crippen LogP contribution in [-0.4, -0.2) is 12.1 Å². The summed E-state index contributed by atoms with van der Waals surface area (Å²) in [6, 6.07) is 7.63. The molecule has 1 heterocycles. The Morgan fingerprint density at radius 3 is 2.89 bits per heavy atom. The third kappa shape index (κ3) is 3.39. The second kappa shape index (κ2) is 6.26. The molecule has 0 saturated carbocycles. The van der Waals surface area contributed by atoms with Crippen LogP contribution in [0.1, 0.15) is 11.1 Å². The van der Waals surface area contributed by atoms with Crippen molar-refractivity contribution in [2.75, 3.05) is 12.4 Å². The van der Waals surface area contributed by atoms with E-state index in [9.17, 15) is 0 Å². The number of nitrogens with zero attached hydrogens (tertiary/aromatic N) is 1. The van der Waals surface area contributed by atoms with E-state index in [0.29, 0.717) is 11.6 Å². The summed E-state index contributed by atoms with van der Waals surface area (Å²) in [5.74, 6) is 1.61. The summed E-state index contributed by atoms with van der Waals surface area (Å²) in [7, 11) is 1.64. The second-order valence-corrected chi connectivity index (χ2v) is 5.42. The maximum absolute atomic E-state index is 6.19. The molecule has 2 rings (SSSR count). The lowest BCUT2D eigenvalue weighted by Gasteiger charge is -2.13. The van der Waals surface area contributed by atoms with E-state index >= 15 is 0 Å². The molecule has 0 atom stereocenters. The fourth-order valence-electron chi connectivity index (χ4n) is 1.80. The van der Waals surface area contributed by atoms with Gasteiger partial charge in [-0.3, -0.25) is 0 Å². The highest BCUT2D eigenvalue weighted by molar-refractivity contribution is 9.10. The number of pyridine rings is 1. The van der Waals surface area contributed by atoms with Crippen molar-refractivity contribution in [1.29, 1.82) is 0 Å². The zero-order valence-corrected chi connectivity index (χ0v) is 13.0. The zero-order valence-electron chi connectivity index (χ0n) is 10.7. The number of benzene rings is 1. The minimum Gasteiger partial charge on any atom is -0.496 e. The van der Waals surface area contributed by atoms with E-state index in [1.165, 1.54) is 0 Å². The maximum atomic E-state index is 6.19. The van der Waals surface area contributed by atoms with Crippen LogP contribution in [0.15, 0.2) is 34.9 Å². The van der Waals surface area contributed by atoms with Crippen LogP contribution in [0.2, 0.25) is 5.02 Å². The van der Waals surface area contributed by atoms with Crippen molar-refractivity contribution in [3.63, 3.8) is 0 Å². The molecule has 2 aromatic rings. The Kier molecular flexibility index (Phi) is 4.66. The Morgan fingerprint density at radius 2 is 2.21 bits per heavy atom. The normalized spacial score (nSPS) is 10.3. The van der Waals surface area contributed by atoms with Gasteiger partial charge in [0.25, 0.3) is 0 Å². The van der Waals surface area contributed by atoms with Gasteiger partial charge in [-0.1, -0.05) is 17.7 Å². The molecule has 1 N–H and O–H groups in total. The van der Waals surface area contributed by atoms with Gasteiger partial charge in [0.2, 0.25) is 0 Å². The minimum absolute atomic E-state index is 0.568. The molecule has 5 heteroatoms. The van der Waals surface area contributed by atoms with Gasteiger partial charge in [0.05, 0.1) is 7.11 Å². The van der Waals surface area contributed by atoms with Gasteiger partial charge < -0.3 is 10.1 Å². The summed E-state index contributed by atoms with van der Waals surface area (Å²) in [6.45, 7) is 2.57. The van der Waals surface area contributed by atoms with Gasteiger partial charge in [-0.05, 0) is 46.6 Å². The third-order valence-corrected chi connectivity index (χ3v) is 3.56. The molecule has 1 aromatic heterocycles. The monoisotopic (exact) mass is 340 g/mol. The SMILES string of the molecule is COc1cccc(Cl)c1CNc1ncc(Br)cc1C. The molecule has 3 nitrogen and oxygen atoms in total. The molecule has 0 amide bonds. The topological polar surface area (TPSA) is 34.1 Å². The van der Waals surface area contributed by atoms with Crippen LogP contribution in [0.5, 0.6) is 5.75 Å². The van der Waals surface area contributed by atoms with Gasteiger partial charge in [-0.2, -0.15) is 0 Å². The lowest BCUT2D eigenvalue weighted by Crippen LogP contribution is -2.05. The molecule has 0 spiro atoms. The predicted octanol–water partition coefficient (Wildman–Crippen LogP) is 4.43. The Morgan fingerprint density at radius 1 is 1.42 bits per heavy atom. The summed E-state index contributed by atoms with van der Waals surface area (Å²) in [4.78, 5) is 4.34. The fraction of sp³-hybridized carbons (Fsp3) is 0.214. The van der Waals surface area contributed by atoms with E-state index in [1.807, 2.05) is 31.2 Å². The van der Waals surface area contributed by atoms with Crippen LogP contribution in [0, 0.1) is 6.92 Å². The van der Waals surface area contributed by atoms with Crippen LogP contribution >= 0.6 is 27.5 Å². The highest BCUT2D eigenvalue weighted by Gasteiger charge is 2.08. The molecule has 0 aliphatic heterocycles. The summed E-state index contributed by atoms with van der Waals surface area (Å²) in [5, 5.41) is 3.96. The number of aryl methyl sites for hydroxylation is 1. The number of hydrogen-bond acceptors (Lipinski definition) is 3. The summed E-state index contributed by atoms with van der Waals surface area (Å²) < 4.78 is 6.28. The number of nitrogens with one attached hydrogen (secondary N) is 1. The van der Waals surface area contributed by atoms with Crippen molar-refractivity contribution in [2.45, 2.75) is 13.5 Å². The van der Waals surface area contributed by atoms with Crippen LogP contribution in [0.4, 0.5) is 5.82 Å². The Labute approximate surface area is 126 Å². The molecule has 0 bridgehead atoms. The van der Waals surface area contributed by atoms with Crippen LogP contribution in [0.25, 0.3) is 0 Å². The number of hydrogen-bond donors (Lipinski definition) is 1. The quantitative estimate of drug-likeness (QED) is 0.893. The first-order chi connectivity index (χ1) is 9.11. The Hall–Kier alpha value is -1.26. The minimum atomic E-state index is 0.568. The van der Waals surface area contributed by atoms with E-state index in [-0.39, 0.29) is 0 Å². The van der Waals surface area contributed by atoms with Crippen molar-refractivity contribution in [2.24, 2.45) is 0 Å². The molecular formula is C14H14BrClN2O. The van der Waals surface area contributed by atoms with E-state index in [0.717, 1.165) is 27.2 Å². The second-order valence-electron chi connectivity index (χ2n) is 4.09. The summed E-state index contributed by atoms with van der Waals surface area (Å²) >= 11 is 9.59. The molecular weight excluding hydrogens is 328 g/mol. The third-order valence-electron chi connectivity index (χ3n) is 2.77. The number of anilines is 1. The molecule has 100 valence electrons. The first-order valence-electron chi connectivity index (χ1n) is 5.79. The molecule has 0 aliphatic carbocycles. The van der Waals surface area contributed by atoms with Gasteiger partial charge in [0.15, 0.2) is 0 Å². The molecule has 0 fully saturated rings. The molecule has 0 saturated heterocycles. The molecule has 0 radical (unpaired) electrons. The van der Waals surface area contributed by atoms with Crippen molar-refractivity contribution >= 4 is 33.3 Å². The van der Waals surface area contributed by atoms with Crippen molar-refractivity contribution < 1.29 is 4.74 Å². The largest absolute Gasteiger partial charge is 0.496 e. The fourth-order valence-corrected chi connectivity index (χ4v) is 2.48. The standard InChI is InChI=1S/C14H14BrClN2O/c1-9-6-10(15)7-17-14(9)18-8-11-12(16)4-3-5-13(11)19-2/h3-7H,8H2,1-2H3,(H,17,18). The average Bonchev–Trinajstić information content (AvgIpc) is 2.39. The summed E-state index contributed by atoms with van der Waals surface area (Å²) in [6.07, 6.45) is 1.76. The van der Waals surface area contributed by atoms with Crippen LogP contribution in [-0.2, 0) is 6.54 Å². The van der Waals surface area contributed by atoms with E-state index in [1.54, 1.807) is 13.3 Å². The van der Waals surface area contributed by atoms with Crippen molar-refractivity contribution in [3.05, 3.63) is 51.1 Å². The van der Waals surface area contributed by atoms with Gasteiger partial charge in [-0.25, -0.2) is 4.98 Å².